The van der Waals surface area contributed by atoms with Crippen LogP contribution in [0, 0.1) is 5.82 Å². The molecule has 0 saturated carbocycles. The number of fused-ring (bicyclic) bond motifs is 1. The van der Waals surface area contributed by atoms with Crippen molar-refractivity contribution in [1.82, 2.24) is 9.78 Å². The highest BCUT2D eigenvalue weighted by Crippen LogP contribution is 2.38. The molecule has 0 spiro atoms. The summed E-state index contributed by atoms with van der Waals surface area (Å²) in [6, 6.07) is 2.44. The van der Waals surface area contributed by atoms with Gasteiger partial charge in [0.05, 0.1) is 17.7 Å². The van der Waals surface area contributed by atoms with E-state index < -0.39 is 35.5 Å². The first-order valence-electron chi connectivity index (χ1n) is 8.59. The summed E-state index contributed by atoms with van der Waals surface area (Å²) in [4.78, 5) is 23.8. The maximum absolute atomic E-state index is 14.1. The summed E-state index contributed by atoms with van der Waals surface area (Å²) < 4.78 is 58.9. The fraction of sp³-hybridized carbons (Fsp3) is 0.316. The second kappa shape index (κ2) is 7.34. The Labute approximate surface area is 162 Å². The summed E-state index contributed by atoms with van der Waals surface area (Å²) in [7, 11) is 0. The molecule has 2 heterocycles. The number of alkyl halides is 3. The van der Waals surface area contributed by atoms with Crippen molar-refractivity contribution in [3.05, 3.63) is 63.7 Å². The molecule has 0 aliphatic carbocycles. The average molecular weight is 412 g/mol. The standard InChI is InChI=1S/C19H16F4N2O4/c1-3-29-18(28)14-8-11-6-9(2)15(17(26)27)16(25(11)24-14)10-4-5-12(13(20)7-10)19(21,22)23/h4-5,7-8,16H,3,6H2,1-2H3,(H,26,27). The van der Waals surface area contributed by atoms with Crippen LogP contribution in [0.25, 0.3) is 0 Å². The summed E-state index contributed by atoms with van der Waals surface area (Å²) >= 11 is 0. The number of carboxylic acids is 1. The molecule has 10 heteroatoms. The molecular formula is C19H16F4N2O4. The van der Waals surface area contributed by atoms with Gasteiger partial charge < -0.3 is 9.84 Å². The highest BCUT2D eigenvalue weighted by atomic mass is 19.4. The highest BCUT2D eigenvalue weighted by Gasteiger charge is 2.37. The molecule has 0 radical (unpaired) electrons. The maximum Gasteiger partial charge on any atom is 0.419 e. The third-order valence-electron chi connectivity index (χ3n) is 4.57. The van der Waals surface area contributed by atoms with E-state index >= 15 is 0 Å². The Hall–Kier alpha value is -3.17. The van der Waals surface area contributed by atoms with E-state index in [4.69, 9.17) is 4.74 Å². The predicted octanol–water partition coefficient (Wildman–Crippen LogP) is 3.76. The van der Waals surface area contributed by atoms with Crippen molar-refractivity contribution in [1.29, 1.82) is 0 Å². The molecule has 1 N–H and O–H groups in total. The minimum atomic E-state index is -4.88. The molecule has 1 atom stereocenters. The Bertz CT molecular complexity index is 1020. The lowest BCUT2D eigenvalue weighted by atomic mass is 9.89. The molecule has 6 nitrogen and oxygen atoms in total. The molecule has 1 unspecified atom stereocenters. The number of benzene rings is 1. The number of carbonyl (C=O) groups excluding carboxylic acids is 1. The largest absolute Gasteiger partial charge is 0.478 e. The molecule has 3 rings (SSSR count). The Morgan fingerprint density at radius 2 is 2.00 bits per heavy atom. The number of aromatic nitrogens is 2. The van der Waals surface area contributed by atoms with Crippen LogP contribution in [0.2, 0.25) is 0 Å². The fourth-order valence-electron chi connectivity index (χ4n) is 3.35. The number of carbonyl (C=O) groups is 2. The Morgan fingerprint density at radius 3 is 2.55 bits per heavy atom. The topological polar surface area (TPSA) is 81.4 Å². The second-order valence-electron chi connectivity index (χ2n) is 6.50. The van der Waals surface area contributed by atoms with Crippen molar-refractivity contribution in [3.63, 3.8) is 0 Å². The molecule has 1 aliphatic rings. The van der Waals surface area contributed by atoms with Crippen LogP contribution < -0.4 is 0 Å². The number of nitrogens with zero attached hydrogens (tertiary/aromatic N) is 2. The van der Waals surface area contributed by atoms with E-state index in [1.54, 1.807) is 13.8 Å². The average Bonchev–Trinajstić information content (AvgIpc) is 3.02. The van der Waals surface area contributed by atoms with Gasteiger partial charge in [0.15, 0.2) is 5.69 Å². The van der Waals surface area contributed by atoms with Gasteiger partial charge in [0.1, 0.15) is 11.9 Å². The number of esters is 1. The third-order valence-corrected chi connectivity index (χ3v) is 4.57. The molecule has 1 aromatic carbocycles. The number of carboxylic acid groups (broad SMARTS) is 1. The quantitative estimate of drug-likeness (QED) is 0.611. The van der Waals surface area contributed by atoms with Gasteiger partial charge in [-0.1, -0.05) is 11.6 Å². The Kier molecular flexibility index (Phi) is 5.20. The Balaban J connectivity index is 2.16. The van der Waals surface area contributed by atoms with E-state index in [1.807, 2.05) is 0 Å². The molecule has 1 aliphatic heterocycles. The van der Waals surface area contributed by atoms with Crippen LogP contribution in [0.4, 0.5) is 17.6 Å². The van der Waals surface area contributed by atoms with Gasteiger partial charge in [-0.2, -0.15) is 18.3 Å². The van der Waals surface area contributed by atoms with Gasteiger partial charge >= 0.3 is 18.1 Å². The zero-order valence-electron chi connectivity index (χ0n) is 15.4. The fourth-order valence-corrected chi connectivity index (χ4v) is 3.35. The normalized spacial score (nSPS) is 16.6. The molecule has 154 valence electrons. The molecule has 1 aromatic heterocycles. The molecule has 2 aromatic rings. The summed E-state index contributed by atoms with van der Waals surface area (Å²) in [5.74, 6) is -3.56. The number of halogens is 4. The Morgan fingerprint density at radius 1 is 1.31 bits per heavy atom. The van der Waals surface area contributed by atoms with Crippen LogP contribution >= 0.6 is 0 Å². The van der Waals surface area contributed by atoms with E-state index in [0.29, 0.717) is 23.4 Å². The summed E-state index contributed by atoms with van der Waals surface area (Å²) in [6.45, 7) is 3.26. The lowest BCUT2D eigenvalue weighted by Crippen LogP contribution is -2.27. The van der Waals surface area contributed by atoms with E-state index in [2.05, 4.69) is 5.10 Å². The monoisotopic (exact) mass is 412 g/mol. The van der Waals surface area contributed by atoms with Gasteiger partial charge in [0.25, 0.3) is 0 Å². The number of allylic oxidation sites excluding steroid dienone is 1. The van der Waals surface area contributed by atoms with Crippen LogP contribution in [-0.4, -0.2) is 33.4 Å². The van der Waals surface area contributed by atoms with Gasteiger partial charge in [-0.15, -0.1) is 0 Å². The number of hydrogen-bond acceptors (Lipinski definition) is 4. The molecule has 0 saturated heterocycles. The van der Waals surface area contributed by atoms with Crippen LogP contribution in [0.3, 0.4) is 0 Å². The predicted molar refractivity (Wildman–Crippen MR) is 91.8 cm³/mol. The summed E-state index contributed by atoms with van der Waals surface area (Å²) in [5.41, 5.74) is -0.824. The summed E-state index contributed by atoms with van der Waals surface area (Å²) in [6.07, 6.45) is -4.72. The first kappa shape index (κ1) is 20.6. The number of ether oxygens (including phenoxy) is 1. The van der Waals surface area contributed by atoms with Gasteiger partial charge in [-0.05, 0) is 37.6 Å². The van der Waals surface area contributed by atoms with Crippen molar-refractivity contribution in [3.8, 4) is 0 Å². The SMILES string of the molecule is CCOC(=O)c1cc2n(n1)C(c1ccc(C(F)(F)F)c(F)c1)C(C(=O)O)=C(C)C2. The zero-order chi connectivity index (χ0) is 21.5. The third kappa shape index (κ3) is 3.74. The van der Waals surface area contributed by atoms with Gasteiger partial charge in [0, 0.05) is 12.1 Å². The van der Waals surface area contributed by atoms with Crippen LogP contribution in [0.5, 0.6) is 0 Å². The van der Waals surface area contributed by atoms with Crippen molar-refractivity contribution >= 4 is 11.9 Å². The lowest BCUT2D eigenvalue weighted by Gasteiger charge is -2.27. The van der Waals surface area contributed by atoms with Crippen molar-refractivity contribution < 1.29 is 37.0 Å². The van der Waals surface area contributed by atoms with Gasteiger partial charge in [0.2, 0.25) is 0 Å². The molecular weight excluding hydrogens is 396 g/mol. The van der Waals surface area contributed by atoms with E-state index in [1.165, 1.54) is 10.7 Å². The van der Waals surface area contributed by atoms with E-state index in [9.17, 15) is 32.3 Å². The van der Waals surface area contributed by atoms with E-state index in [-0.39, 0.29) is 29.9 Å². The smallest absolute Gasteiger partial charge is 0.419 e. The van der Waals surface area contributed by atoms with Gasteiger partial charge in [-0.3, -0.25) is 4.68 Å². The minimum Gasteiger partial charge on any atom is -0.478 e. The lowest BCUT2D eigenvalue weighted by molar-refractivity contribution is -0.140. The molecule has 0 amide bonds. The van der Waals surface area contributed by atoms with Crippen molar-refractivity contribution in [2.24, 2.45) is 0 Å². The minimum absolute atomic E-state index is 0.0355. The van der Waals surface area contributed by atoms with Crippen molar-refractivity contribution in [2.45, 2.75) is 32.5 Å². The molecule has 29 heavy (non-hydrogen) atoms. The highest BCUT2D eigenvalue weighted by molar-refractivity contribution is 5.90. The number of rotatable bonds is 4. The van der Waals surface area contributed by atoms with Gasteiger partial charge in [-0.25, -0.2) is 14.0 Å². The first-order valence-corrected chi connectivity index (χ1v) is 8.59. The number of aliphatic carboxylic acids is 1. The van der Waals surface area contributed by atoms with Crippen LogP contribution in [0.1, 0.15) is 47.2 Å². The van der Waals surface area contributed by atoms with Crippen LogP contribution in [-0.2, 0) is 22.1 Å². The number of hydrogen-bond donors (Lipinski definition) is 1. The zero-order valence-corrected chi connectivity index (χ0v) is 15.4. The maximum atomic E-state index is 14.1. The first-order chi connectivity index (χ1) is 13.5. The summed E-state index contributed by atoms with van der Waals surface area (Å²) in [5, 5.41) is 13.7. The van der Waals surface area contributed by atoms with Crippen LogP contribution in [0.15, 0.2) is 35.4 Å². The molecule has 0 bridgehead atoms. The second-order valence-corrected chi connectivity index (χ2v) is 6.50. The van der Waals surface area contributed by atoms with Crippen molar-refractivity contribution in [2.75, 3.05) is 6.61 Å². The van der Waals surface area contributed by atoms with E-state index in [0.717, 1.165) is 6.07 Å². The molecule has 0 fully saturated rings.